The van der Waals surface area contributed by atoms with Gasteiger partial charge in [-0.3, -0.25) is 0 Å². The number of aryl methyl sites for hydroxylation is 1. The van der Waals surface area contributed by atoms with Crippen LogP contribution in [-0.2, 0) is 4.74 Å². The minimum Gasteiger partial charge on any atom is -0.371 e. The molecule has 0 unspecified atom stereocenters. The van der Waals surface area contributed by atoms with Gasteiger partial charge in [0.05, 0.1) is 12.2 Å². The van der Waals surface area contributed by atoms with E-state index in [2.05, 4.69) is 22.5 Å². The molecule has 2 rings (SSSR count). The van der Waals surface area contributed by atoms with Crippen molar-refractivity contribution in [2.75, 3.05) is 25.0 Å². The summed E-state index contributed by atoms with van der Waals surface area (Å²) in [6.45, 7) is 6.73. The fraction of sp³-hybridized carbons (Fsp3) is 0.583. The molecule has 0 saturated carbocycles. The predicted molar refractivity (Wildman–Crippen MR) is 64.7 cm³/mol. The Hall–Kier alpha value is -1.13. The third kappa shape index (κ3) is 3.18. The van der Waals surface area contributed by atoms with E-state index in [1.54, 1.807) is 0 Å². The lowest BCUT2D eigenvalue weighted by atomic mass is 10.2. The Morgan fingerprint density at radius 1 is 1.50 bits per heavy atom. The summed E-state index contributed by atoms with van der Waals surface area (Å²) in [5.74, 6) is 0.918. The monoisotopic (exact) mass is 221 g/mol. The van der Waals surface area contributed by atoms with Gasteiger partial charge in [0.25, 0.3) is 0 Å². The fourth-order valence-corrected chi connectivity index (χ4v) is 1.85. The second kappa shape index (κ2) is 5.27. The maximum Gasteiger partial charge on any atom is 0.126 e. The number of nitrogens with one attached hydrogen (secondary N) is 2. The summed E-state index contributed by atoms with van der Waals surface area (Å²) in [6, 6.07) is 5.98. The summed E-state index contributed by atoms with van der Waals surface area (Å²) in [5, 5.41) is 6.65. The first-order valence-corrected chi connectivity index (χ1v) is 5.78. The molecule has 1 fully saturated rings. The van der Waals surface area contributed by atoms with Crippen molar-refractivity contribution >= 4 is 5.82 Å². The average molecular weight is 221 g/mol. The SMILES string of the molecule is Cc1cccc(NC[C@@H]2CNC[C@@H](C)O2)n1. The second-order valence-corrected chi connectivity index (χ2v) is 4.27. The highest BCUT2D eigenvalue weighted by Gasteiger charge is 2.18. The van der Waals surface area contributed by atoms with Gasteiger partial charge in [-0.1, -0.05) is 6.07 Å². The molecular weight excluding hydrogens is 202 g/mol. The van der Waals surface area contributed by atoms with Crippen molar-refractivity contribution in [2.24, 2.45) is 0 Å². The average Bonchev–Trinajstić information content (AvgIpc) is 2.27. The molecule has 2 heterocycles. The molecule has 0 radical (unpaired) electrons. The number of rotatable bonds is 3. The summed E-state index contributed by atoms with van der Waals surface area (Å²) >= 11 is 0. The van der Waals surface area contributed by atoms with Gasteiger partial charge in [-0.05, 0) is 26.0 Å². The van der Waals surface area contributed by atoms with E-state index in [4.69, 9.17) is 4.74 Å². The van der Waals surface area contributed by atoms with E-state index < -0.39 is 0 Å². The molecule has 1 saturated heterocycles. The molecule has 2 atom stereocenters. The molecule has 1 aromatic rings. The topological polar surface area (TPSA) is 46.2 Å². The molecule has 1 aliphatic heterocycles. The zero-order valence-electron chi connectivity index (χ0n) is 9.86. The molecule has 4 heteroatoms. The first-order chi connectivity index (χ1) is 7.74. The Kier molecular flexibility index (Phi) is 3.74. The lowest BCUT2D eigenvalue weighted by Gasteiger charge is -2.28. The quantitative estimate of drug-likeness (QED) is 0.804. The number of ether oxygens (including phenoxy) is 1. The number of pyridine rings is 1. The number of hydrogen-bond acceptors (Lipinski definition) is 4. The smallest absolute Gasteiger partial charge is 0.126 e. The molecule has 0 spiro atoms. The van der Waals surface area contributed by atoms with Gasteiger partial charge in [0, 0.05) is 25.3 Å². The molecule has 16 heavy (non-hydrogen) atoms. The highest BCUT2D eigenvalue weighted by molar-refractivity contribution is 5.35. The summed E-state index contributed by atoms with van der Waals surface area (Å²) in [7, 11) is 0. The van der Waals surface area contributed by atoms with Crippen molar-refractivity contribution < 1.29 is 4.74 Å². The highest BCUT2D eigenvalue weighted by atomic mass is 16.5. The van der Waals surface area contributed by atoms with Crippen LogP contribution in [0.2, 0.25) is 0 Å². The van der Waals surface area contributed by atoms with Gasteiger partial charge < -0.3 is 15.4 Å². The minimum atomic E-state index is 0.228. The van der Waals surface area contributed by atoms with Crippen LogP contribution in [0.1, 0.15) is 12.6 Å². The summed E-state index contributed by atoms with van der Waals surface area (Å²) < 4.78 is 5.79. The Labute approximate surface area is 96.4 Å². The summed E-state index contributed by atoms with van der Waals surface area (Å²) in [4.78, 5) is 4.39. The van der Waals surface area contributed by atoms with Crippen LogP contribution < -0.4 is 10.6 Å². The summed E-state index contributed by atoms with van der Waals surface area (Å²) in [5.41, 5.74) is 1.03. The standard InChI is InChI=1S/C12H19N3O/c1-9-4-3-5-12(15-9)14-8-11-7-13-6-10(2)16-11/h3-5,10-11,13H,6-8H2,1-2H3,(H,14,15)/t10-,11+/m1/s1. The van der Waals surface area contributed by atoms with Crippen LogP contribution in [-0.4, -0.2) is 36.8 Å². The Morgan fingerprint density at radius 3 is 3.12 bits per heavy atom. The van der Waals surface area contributed by atoms with Crippen molar-refractivity contribution in [3.8, 4) is 0 Å². The molecule has 0 bridgehead atoms. The first-order valence-electron chi connectivity index (χ1n) is 5.78. The molecule has 0 aromatic carbocycles. The van der Waals surface area contributed by atoms with Gasteiger partial charge in [0.1, 0.15) is 5.82 Å². The van der Waals surface area contributed by atoms with Crippen LogP contribution in [0.15, 0.2) is 18.2 Å². The number of nitrogens with zero attached hydrogens (tertiary/aromatic N) is 1. The molecule has 1 aromatic heterocycles. The van der Waals surface area contributed by atoms with Gasteiger partial charge >= 0.3 is 0 Å². The Balaban J connectivity index is 1.82. The predicted octanol–water partition coefficient (Wildman–Crippen LogP) is 1.18. The van der Waals surface area contributed by atoms with Gasteiger partial charge in [-0.25, -0.2) is 4.98 Å². The third-order valence-electron chi connectivity index (χ3n) is 2.63. The maximum absolute atomic E-state index is 5.79. The van der Waals surface area contributed by atoms with Crippen LogP contribution in [0, 0.1) is 6.92 Å². The zero-order valence-corrected chi connectivity index (χ0v) is 9.86. The maximum atomic E-state index is 5.79. The van der Waals surface area contributed by atoms with Crippen LogP contribution in [0.3, 0.4) is 0 Å². The largest absolute Gasteiger partial charge is 0.371 e. The van der Waals surface area contributed by atoms with Gasteiger partial charge in [-0.2, -0.15) is 0 Å². The van der Waals surface area contributed by atoms with E-state index >= 15 is 0 Å². The Morgan fingerprint density at radius 2 is 2.38 bits per heavy atom. The van der Waals surface area contributed by atoms with Crippen molar-refractivity contribution in [3.05, 3.63) is 23.9 Å². The second-order valence-electron chi connectivity index (χ2n) is 4.27. The van der Waals surface area contributed by atoms with Crippen LogP contribution in [0.4, 0.5) is 5.82 Å². The highest BCUT2D eigenvalue weighted by Crippen LogP contribution is 2.07. The van der Waals surface area contributed by atoms with E-state index in [1.165, 1.54) is 0 Å². The van der Waals surface area contributed by atoms with Gasteiger partial charge in [-0.15, -0.1) is 0 Å². The van der Waals surface area contributed by atoms with Crippen molar-refractivity contribution in [1.29, 1.82) is 0 Å². The molecule has 88 valence electrons. The third-order valence-corrected chi connectivity index (χ3v) is 2.63. The van der Waals surface area contributed by atoms with Crippen LogP contribution in [0.5, 0.6) is 0 Å². The van der Waals surface area contributed by atoms with Gasteiger partial charge in [0.2, 0.25) is 0 Å². The number of aromatic nitrogens is 1. The number of hydrogen-bond donors (Lipinski definition) is 2. The fourth-order valence-electron chi connectivity index (χ4n) is 1.85. The Bertz CT molecular complexity index is 343. The van der Waals surface area contributed by atoms with E-state index in [0.717, 1.165) is 31.1 Å². The van der Waals surface area contributed by atoms with E-state index in [1.807, 2.05) is 25.1 Å². The molecule has 0 aliphatic carbocycles. The molecule has 4 nitrogen and oxygen atoms in total. The van der Waals surface area contributed by atoms with E-state index in [9.17, 15) is 0 Å². The molecule has 0 amide bonds. The first kappa shape index (κ1) is 11.4. The minimum absolute atomic E-state index is 0.228. The number of morpholine rings is 1. The van der Waals surface area contributed by atoms with Crippen molar-refractivity contribution in [1.82, 2.24) is 10.3 Å². The lowest BCUT2D eigenvalue weighted by molar-refractivity contribution is -0.0196. The summed E-state index contributed by atoms with van der Waals surface area (Å²) in [6.07, 6.45) is 0.525. The molecular formula is C12H19N3O. The number of anilines is 1. The van der Waals surface area contributed by atoms with Crippen LogP contribution >= 0.6 is 0 Å². The van der Waals surface area contributed by atoms with Crippen molar-refractivity contribution in [3.63, 3.8) is 0 Å². The molecule has 2 N–H and O–H groups in total. The molecule has 1 aliphatic rings. The lowest BCUT2D eigenvalue weighted by Crippen LogP contribution is -2.46. The van der Waals surface area contributed by atoms with Gasteiger partial charge in [0.15, 0.2) is 0 Å². The van der Waals surface area contributed by atoms with Crippen molar-refractivity contribution in [2.45, 2.75) is 26.1 Å². The van der Waals surface area contributed by atoms with E-state index in [-0.39, 0.29) is 6.10 Å². The normalized spacial score (nSPS) is 25.4. The zero-order chi connectivity index (χ0) is 11.4. The van der Waals surface area contributed by atoms with Crippen LogP contribution in [0.25, 0.3) is 0 Å². The van der Waals surface area contributed by atoms with E-state index in [0.29, 0.717) is 6.10 Å².